The van der Waals surface area contributed by atoms with Crippen LogP contribution < -0.4 is 10.1 Å². The van der Waals surface area contributed by atoms with E-state index >= 15 is 0 Å². The maximum absolute atomic E-state index is 12.8. The Morgan fingerprint density at radius 3 is 2.57 bits per heavy atom. The van der Waals surface area contributed by atoms with Gasteiger partial charge in [0, 0.05) is 13.1 Å². The number of nitrogens with zero attached hydrogens (tertiary/aromatic N) is 2. The molecule has 10 heteroatoms. The summed E-state index contributed by atoms with van der Waals surface area (Å²) in [6, 6.07) is 9.60. The number of fused-ring (bicyclic) bond motifs is 1. The number of anilines is 1. The number of hydrogen-bond donors (Lipinski definition) is 1. The van der Waals surface area contributed by atoms with Gasteiger partial charge in [-0.15, -0.1) is 0 Å². The SMILES string of the molecule is CCOc1ccc2nc(NC(=O)c3cc(S(=O)(=O)N(CC)CC)ccc3Cl)sc2c1. The van der Waals surface area contributed by atoms with E-state index in [1.807, 2.05) is 25.1 Å². The van der Waals surface area contributed by atoms with E-state index in [9.17, 15) is 13.2 Å². The van der Waals surface area contributed by atoms with Crippen molar-refractivity contribution in [1.29, 1.82) is 0 Å². The van der Waals surface area contributed by atoms with Gasteiger partial charge in [-0.2, -0.15) is 4.31 Å². The third kappa shape index (κ3) is 4.59. The molecule has 0 saturated heterocycles. The lowest BCUT2D eigenvalue weighted by atomic mass is 10.2. The zero-order valence-corrected chi connectivity index (χ0v) is 19.2. The second kappa shape index (κ2) is 9.30. The second-order valence-electron chi connectivity index (χ2n) is 6.27. The van der Waals surface area contributed by atoms with Crippen LogP contribution in [0.1, 0.15) is 31.1 Å². The van der Waals surface area contributed by atoms with E-state index in [2.05, 4.69) is 10.3 Å². The lowest BCUT2D eigenvalue weighted by Crippen LogP contribution is -2.30. The molecule has 0 bridgehead atoms. The Hall–Kier alpha value is -2.20. The maximum Gasteiger partial charge on any atom is 0.259 e. The largest absolute Gasteiger partial charge is 0.494 e. The minimum Gasteiger partial charge on any atom is -0.494 e. The molecule has 1 N–H and O–H groups in total. The van der Waals surface area contributed by atoms with Gasteiger partial charge in [-0.25, -0.2) is 13.4 Å². The number of carbonyl (C=O) groups excluding carboxylic acids is 1. The Morgan fingerprint density at radius 1 is 1.17 bits per heavy atom. The monoisotopic (exact) mass is 467 g/mol. The molecule has 3 rings (SSSR count). The van der Waals surface area contributed by atoms with Crippen LogP contribution in [0, 0.1) is 0 Å². The first-order valence-electron chi connectivity index (χ1n) is 9.44. The fraction of sp³-hybridized carbons (Fsp3) is 0.300. The van der Waals surface area contributed by atoms with Gasteiger partial charge in [0.2, 0.25) is 10.0 Å². The summed E-state index contributed by atoms with van der Waals surface area (Å²) in [6.07, 6.45) is 0. The molecule has 1 aromatic heterocycles. The number of hydrogen-bond acceptors (Lipinski definition) is 6. The number of nitrogens with one attached hydrogen (secondary N) is 1. The van der Waals surface area contributed by atoms with Gasteiger partial charge in [0.25, 0.3) is 5.91 Å². The molecule has 160 valence electrons. The zero-order valence-electron chi connectivity index (χ0n) is 16.8. The van der Waals surface area contributed by atoms with E-state index in [4.69, 9.17) is 16.3 Å². The summed E-state index contributed by atoms with van der Waals surface area (Å²) in [4.78, 5) is 17.2. The number of rotatable bonds is 8. The van der Waals surface area contributed by atoms with Crippen molar-refractivity contribution in [2.75, 3.05) is 25.0 Å². The van der Waals surface area contributed by atoms with Crippen molar-refractivity contribution in [2.45, 2.75) is 25.7 Å². The molecule has 3 aromatic rings. The number of carbonyl (C=O) groups is 1. The average Bonchev–Trinajstić information content (AvgIpc) is 3.10. The summed E-state index contributed by atoms with van der Waals surface area (Å²) in [5.41, 5.74) is 0.793. The highest BCUT2D eigenvalue weighted by atomic mass is 35.5. The first-order valence-corrected chi connectivity index (χ1v) is 12.1. The van der Waals surface area contributed by atoms with Crippen molar-refractivity contribution in [3.63, 3.8) is 0 Å². The van der Waals surface area contributed by atoms with Crippen LogP contribution in [0.4, 0.5) is 5.13 Å². The van der Waals surface area contributed by atoms with Crippen molar-refractivity contribution in [3.8, 4) is 5.75 Å². The molecule has 0 saturated carbocycles. The molecule has 0 aliphatic carbocycles. The Kier molecular flexibility index (Phi) is 6.97. The van der Waals surface area contributed by atoms with Gasteiger partial charge in [0.05, 0.1) is 32.3 Å². The molecule has 0 spiro atoms. The molecule has 0 unspecified atom stereocenters. The van der Waals surface area contributed by atoms with Crippen LogP contribution >= 0.6 is 22.9 Å². The molecule has 1 heterocycles. The summed E-state index contributed by atoms with van der Waals surface area (Å²) >= 11 is 7.48. The molecule has 0 radical (unpaired) electrons. The number of ether oxygens (including phenoxy) is 1. The van der Waals surface area contributed by atoms with Crippen molar-refractivity contribution >= 4 is 54.2 Å². The fourth-order valence-electron chi connectivity index (χ4n) is 2.93. The molecule has 0 aliphatic rings. The van der Waals surface area contributed by atoms with Crippen LogP contribution in [0.2, 0.25) is 5.02 Å². The van der Waals surface area contributed by atoms with Crippen molar-refractivity contribution < 1.29 is 17.9 Å². The summed E-state index contributed by atoms with van der Waals surface area (Å²) in [7, 11) is -3.71. The van der Waals surface area contributed by atoms with E-state index < -0.39 is 15.9 Å². The highest BCUT2D eigenvalue weighted by molar-refractivity contribution is 7.89. The Morgan fingerprint density at radius 2 is 1.90 bits per heavy atom. The molecule has 0 fully saturated rings. The molecule has 7 nitrogen and oxygen atoms in total. The molecular formula is C20H22ClN3O4S2. The molecular weight excluding hydrogens is 446 g/mol. The average molecular weight is 468 g/mol. The number of benzene rings is 2. The number of sulfonamides is 1. The van der Waals surface area contributed by atoms with Crippen molar-refractivity contribution in [1.82, 2.24) is 9.29 Å². The van der Waals surface area contributed by atoms with Gasteiger partial charge in [-0.05, 0) is 43.3 Å². The van der Waals surface area contributed by atoms with E-state index in [-0.39, 0.29) is 15.5 Å². The van der Waals surface area contributed by atoms with Crippen LogP contribution in [0.25, 0.3) is 10.2 Å². The van der Waals surface area contributed by atoms with Gasteiger partial charge in [0.15, 0.2) is 5.13 Å². The minimum absolute atomic E-state index is 0.0198. The second-order valence-corrected chi connectivity index (χ2v) is 9.64. The van der Waals surface area contributed by atoms with Gasteiger partial charge >= 0.3 is 0 Å². The van der Waals surface area contributed by atoms with Crippen molar-refractivity contribution in [3.05, 3.63) is 47.0 Å². The van der Waals surface area contributed by atoms with E-state index in [0.29, 0.717) is 24.8 Å². The fourth-order valence-corrected chi connectivity index (χ4v) is 5.51. The molecule has 2 aromatic carbocycles. The first-order chi connectivity index (χ1) is 14.3. The van der Waals surface area contributed by atoms with Crippen LogP contribution in [0.3, 0.4) is 0 Å². The van der Waals surface area contributed by atoms with Crippen LogP contribution in [0.5, 0.6) is 5.75 Å². The Bertz CT molecular complexity index is 1170. The van der Waals surface area contributed by atoms with Gasteiger partial charge in [0.1, 0.15) is 5.75 Å². The Labute approximate surface area is 184 Å². The lowest BCUT2D eigenvalue weighted by Gasteiger charge is -2.19. The summed E-state index contributed by atoms with van der Waals surface area (Å²) in [5, 5.41) is 3.25. The van der Waals surface area contributed by atoms with Gasteiger partial charge in [-0.1, -0.05) is 36.8 Å². The number of amides is 1. The lowest BCUT2D eigenvalue weighted by molar-refractivity contribution is 0.102. The van der Waals surface area contributed by atoms with Gasteiger partial charge in [-0.3, -0.25) is 10.1 Å². The number of halogens is 1. The normalized spacial score (nSPS) is 11.8. The molecule has 30 heavy (non-hydrogen) atoms. The van der Waals surface area contributed by atoms with Crippen LogP contribution in [-0.2, 0) is 10.0 Å². The first kappa shape index (κ1) is 22.5. The highest BCUT2D eigenvalue weighted by Crippen LogP contribution is 2.30. The van der Waals surface area contributed by atoms with Gasteiger partial charge < -0.3 is 4.74 Å². The topological polar surface area (TPSA) is 88.6 Å². The maximum atomic E-state index is 12.8. The highest BCUT2D eigenvalue weighted by Gasteiger charge is 2.24. The van der Waals surface area contributed by atoms with Crippen LogP contribution in [-0.4, -0.2) is 43.3 Å². The summed E-state index contributed by atoms with van der Waals surface area (Å²) in [5.74, 6) is 0.199. The van der Waals surface area contributed by atoms with E-state index in [0.717, 1.165) is 16.0 Å². The zero-order chi connectivity index (χ0) is 21.9. The summed E-state index contributed by atoms with van der Waals surface area (Å²) in [6.45, 7) is 6.64. The third-order valence-corrected chi connectivity index (χ3v) is 7.73. The predicted octanol–water partition coefficient (Wildman–Crippen LogP) is 4.63. The predicted molar refractivity (Wildman–Crippen MR) is 120 cm³/mol. The number of thiazole rings is 1. The molecule has 1 amide bonds. The Balaban J connectivity index is 1.89. The molecule has 0 atom stereocenters. The smallest absolute Gasteiger partial charge is 0.259 e. The van der Waals surface area contributed by atoms with E-state index in [1.54, 1.807) is 13.8 Å². The standard InChI is InChI=1S/C20H22ClN3O4S2/c1-4-24(5-2)30(26,27)14-8-9-16(21)15(12-14)19(25)23-20-22-17-10-7-13(28-6-3)11-18(17)29-20/h7-12H,4-6H2,1-3H3,(H,22,23,25). The van der Waals surface area contributed by atoms with Crippen molar-refractivity contribution in [2.24, 2.45) is 0 Å². The van der Waals surface area contributed by atoms with E-state index in [1.165, 1.54) is 33.8 Å². The van der Waals surface area contributed by atoms with Crippen LogP contribution in [0.15, 0.2) is 41.3 Å². The molecule has 0 aliphatic heterocycles. The summed E-state index contributed by atoms with van der Waals surface area (Å²) < 4.78 is 33.2. The number of aromatic nitrogens is 1. The third-order valence-electron chi connectivity index (χ3n) is 4.42. The quantitative estimate of drug-likeness (QED) is 0.521. The minimum atomic E-state index is -3.71.